The van der Waals surface area contributed by atoms with Crippen LogP contribution in [0.15, 0.2) is 84.9 Å². The van der Waals surface area contributed by atoms with Crippen molar-refractivity contribution in [1.82, 2.24) is 0 Å². The first-order valence-electron chi connectivity index (χ1n) is 11.3. The third-order valence-corrected chi connectivity index (χ3v) is 5.88. The monoisotopic (exact) mass is 414 g/mol. The van der Waals surface area contributed by atoms with E-state index < -0.39 is 0 Å². The molecule has 1 fully saturated rings. The summed E-state index contributed by atoms with van der Waals surface area (Å²) in [5.41, 5.74) is 4.56. The van der Waals surface area contributed by atoms with Gasteiger partial charge in [0.2, 0.25) is 0 Å². The molecule has 1 heterocycles. The summed E-state index contributed by atoms with van der Waals surface area (Å²) in [5, 5.41) is 3.21. The predicted molar refractivity (Wildman–Crippen MR) is 127 cm³/mol. The van der Waals surface area contributed by atoms with Gasteiger partial charge in [0.15, 0.2) is 6.54 Å². The smallest absolute Gasteiger partial charge is 0.279 e. The Hall–Kier alpha value is -3.11. The van der Waals surface area contributed by atoms with Crippen LogP contribution in [0.3, 0.4) is 0 Å². The zero-order valence-electron chi connectivity index (χ0n) is 18.1. The van der Waals surface area contributed by atoms with Gasteiger partial charge in [0.25, 0.3) is 5.91 Å². The Bertz CT molecular complexity index is 911. The fourth-order valence-corrected chi connectivity index (χ4v) is 4.37. The van der Waals surface area contributed by atoms with E-state index in [1.165, 1.54) is 35.3 Å². The minimum absolute atomic E-state index is 0.0614. The number of amides is 1. The molecule has 0 radical (unpaired) electrons. The number of anilines is 2. The number of carbonyl (C=O) groups excluding carboxylic acids is 1. The molecule has 0 atom stereocenters. The number of piperidine rings is 1. The van der Waals surface area contributed by atoms with Crippen LogP contribution in [-0.2, 0) is 17.9 Å². The van der Waals surface area contributed by atoms with Crippen LogP contribution in [0.1, 0.15) is 30.4 Å². The fraction of sp³-hybridized carbons (Fsp3) is 0.296. The van der Waals surface area contributed by atoms with Crippen LogP contribution >= 0.6 is 0 Å². The molecule has 1 amide bonds. The van der Waals surface area contributed by atoms with Crippen molar-refractivity contribution in [2.45, 2.75) is 32.4 Å². The average molecular weight is 415 g/mol. The summed E-state index contributed by atoms with van der Waals surface area (Å²) >= 11 is 0. The molecule has 0 aromatic heterocycles. The van der Waals surface area contributed by atoms with Gasteiger partial charge in [-0.3, -0.25) is 4.79 Å². The van der Waals surface area contributed by atoms with E-state index >= 15 is 0 Å². The standard InChI is InChI=1S/C27H31N3O/c31-27(28-25-16-8-9-17-26(25)30-18-10-3-11-19-30)22-29(20-23-12-4-1-5-13-23)21-24-14-6-2-7-15-24/h1-2,4-9,12-17H,3,10-11,18-22H2,(H,28,31)/p+1. The van der Waals surface area contributed by atoms with Crippen LogP contribution in [0.25, 0.3) is 0 Å². The van der Waals surface area contributed by atoms with E-state index in [1.54, 1.807) is 0 Å². The topological polar surface area (TPSA) is 36.8 Å². The first-order valence-corrected chi connectivity index (χ1v) is 11.3. The number of quaternary nitrogens is 1. The fourth-order valence-electron chi connectivity index (χ4n) is 4.37. The number of hydrogen-bond acceptors (Lipinski definition) is 2. The van der Waals surface area contributed by atoms with Gasteiger partial charge in [-0.25, -0.2) is 0 Å². The molecular weight excluding hydrogens is 382 g/mol. The van der Waals surface area contributed by atoms with E-state index in [1.807, 2.05) is 24.3 Å². The highest BCUT2D eigenvalue weighted by molar-refractivity contribution is 5.95. The van der Waals surface area contributed by atoms with Gasteiger partial charge in [0, 0.05) is 24.2 Å². The molecule has 0 saturated carbocycles. The van der Waals surface area contributed by atoms with E-state index in [2.05, 4.69) is 70.9 Å². The Labute approximate surface area is 185 Å². The number of hydrogen-bond donors (Lipinski definition) is 2. The third-order valence-electron chi connectivity index (χ3n) is 5.88. The first kappa shape index (κ1) is 21.1. The Kier molecular flexibility index (Phi) is 7.35. The highest BCUT2D eigenvalue weighted by Gasteiger charge is 2.19. The second kappa shape index (κ2) is 10.8. The summed E-state index contributed by atoms with van der Waals surface area (Å²) < 4.78 is 0. The molecule has 1 saturated heterocycles. The average Bonchev–Trinajstić information content (AvgIpc) is 2.81. The number of nitrogens with zero attached hydrogens (tertiary/aromatic N) is 1. The van der Waals surface area contributed by atoms with E-state index in [9.17, 15) is 4.79 Å². The quantitative estimate of drug-likeness (QED) is 0.587. The summed E-state index contributed by atoms with van der Waals surface area (Å²) in [5.74, 6) is 0.0614. The van der Waals surface area contributed by atoms with Gasteiger partial charge in [0.1, 0.15) is 13.1 Å². The summed E-state index contributed by atoms with van der Waals surface area (Å²) in [4.78, 5) is 16.7. The number of carbonyl (C=O) groups is 1. The highest BCUT2D eigenvalue weighted by Crippen LogP contribution is 2.28. The van der Waals surface area contributed by atoms with E-state index in [4.69, 9.17) is 0 Å². The molecule has 1 aliphatic heterocycles. The molecular formula is C27H32N3O+. The van der Waals surface area contributed by atoms with Gasteiger partial charge in [-0.05, 0) is 31.4 Å². The molecule has 1 aliphatic rings. The van der Waals surface area contributed by atoms with Crippen molar-refractivity contribution in [3.8, 4) is 0 Å². The SMILES string of the molecule is O=C(C[NH+](Cc1ccccc1)Cc1ccccc1)Nc1ccccc1N1CCCCC1. The number of nitrogens with one attached hydrogen (secondary N) is 2. The molecule has 0 aliphatic carbocycles. The lowest BCUT2D eigenvalue weighted by molar-refractivity contribution is -0.919. The van der Waals surface area contributed by atoms with Crippen molar-refractivity contribution in [2.75, 3.05) is 29.9 Å². The van der Waals surface area contributed by atoms with E-state index in [0.29, 0.717) is 6.54 Å². The van der Waals surface area contributed by atoms with Gasteiger partial charge in [-0.15, -0.1) is 0 Å². The Morgan fingerprint density at radius 1 is 0.742 bits per heavy atom. The predicted octanol–water partition coefficient (Wildman–Crippen LogP) is 3.90. The highest BCUT2D eigenvalue weighted by atomic mass is 16.2. The molecule has 3 aromatic carbocycles. The summed E-state index contributed by atoms with van der Waals surface area (Å²) in [7, 11) is 0. The van der Waals surface area contributed by atoms with Crippen molar-refractivity contribution in [2.24, 2.45) is 0 Å². The minimum atomic E-state index is 0.0614. The van der Waals surface area contributed by atoms with Gasteiger partial charge >= 0.3 is 0 Å². The van der Waals surface area contributed by atoms with Crippen LogP contribution in [0, 0.1) is 0 Å². The molecule has 4 nitrogen and oxygen atoms in total. The van der Waals surface area contributed by atoms with Crippen LogP contribution in [0.4, 0.5) is 11.4 Å². The number of rotatable bonds is 8. The summed E-state index contributed by atoms with van der Waals surface area (Å²) in [6.07, 6.45) is 3.73. The Morgan fingerprint density at radius 3 is 1.90 bits per heavy atom. The Balaban J connectivity index is 1.46. The number of para-hydroxylation sites is 2. The second-order valence-corrected chi connectivity index (χ2v) is 8.36. The third kappa shape index (κ3) is 6.19. The molecule has 4 heteroatoms. The van der Waals surface area contributed by atoms with Gasteiger partial charge in [-0.1, -0.05) is 72.8 Å². The van der Waals surface area contributed by atoms with Crippen molar-refractivity contribution in [3.05, 3.63) is 96.1 Å². The zero-order valence-corrected chi connectivity index (χ0v) is 18.1. The zero-order chi connectivity index (χ0) is 21.3. The Morgan fingerprint density at radius 2 is 1.29 bits per heavy atom. The first-order chi connectivity index (χ1) is 15.3. The second-order valence-electron chi connectivity index (χ2n) is 8.36. The lowest BCUT2D eigenvalue weighted by atomic mass is 10.1. The molecule has 0 spiro atoms. The van der Waals surface area contributed by atoms with E-state index in [0.717, 1.165) is 37.6 Å². The molecule has 0 bridgehead atoms. The van der Waals surface area contributed by atoms with Crippen molar-refractivity contribution < 1.29 is 9.69 Å². The van der Waals surface area contributed by atoms with Gasteiger partial charge in [-0.2, -0.15) is 0 Å². The molecule has 0 unspecified atom stereocenters. The maximum absolute atomic E-state index is 13.1. The van der Waals surface area contributed by atoms with Gasteiger partial charge in [0.05, 0.1) is 11.4 Å². The maximum Gasteiger partial charge on any atom is 0.279 e. The number of benzene rings is 3. The minimum Gasteiger partial charge on any atom is -0.370 e. The van der Waals surface area contributed by atoms with Crippen LogP contribution in [0.2, 0.25) is 0 Å². The van der Waals surface area contributed by atoms with Gasteiger partial charge < -0.3 is 15.1 Å². The van der Waals surface area contributed by atoms with Crippen LogP contribution < -0.4 is 15.1 Å². The summed E-state index contributed by atoms with van der Waals surface area (Å²) in [6, 6.07) is 29.0. The summed E-state index contributed by atoms with van der Waals surface area (Å²) in [6.45, 7) is 4.19. The van der Waals surface area contributed by atoms with E-state index in [-0.39, 0.29) is 5.91 Å². The van der Waals surface area contributed by atoms with Crippen LogP contribution in [-0.4, -0.2) is 25.5 Å². The molecule has 160 valence electrons. The normalized spacial score (nSPS) is 13.9. The van der Waals surface area contributed by atoms with Crippen molar-refractivity contribution in [1.29, 1.82) is 0 Å². The largest absolute Gasteiger partial charge is 0.370 e. The molecule has 4 rings (SSSR count). The maximum atomic E-state index is 13.1. The van der Waals surface area contributed by atoms with Crippen molar-refractivity contribution in [3.63, 3.8) is 0 Å². The van der Waals surface area contributed by atoms with Crippen molar-refractivity contribution >= 4 is 17.3 Å². The molecule has 3 aromatic rings. The molecule has 31 heavy (non-hydrogen) atoms. The van der Waals surface area contributed by atoms with Crippen LogP contribution in [0.5, 0.6) is 0 Å². The lowest BCUT2D eigenvalue weighted by Gasteiger charge is -2.30. The lowest BCUT2D eigenvalue weighted by Crippen LogP contribution is -3.10. The molecule has 2 N–H and O–H groups in total.